The van der Waals surface area contributed by atoms with Crippen molar-refractivity contribution in [2.45, 2.75) is 18.7 Å². The van der Waals surface area contributed by atoms with Crippen LogP contribution in [0, 0.1) is 17.2 Å². The summed E-state index contributed by atoms with van der Waals surface area (Å²) in [6, 6.07) is 12.4. The van der Waals surface area contributed by atoms with E-state index in [9.17, 15) is 8.42 Å². The van der Waals surface area contributed by atoms with Gasteiger partial charge in [-0.15, -0.1) is 0 Å². The van der Waals surface area contributed by atoms with Gasteiger partial charge in [-0.2, -0.15) is 5.26 Å². The Morgan fingerprint density at radius 1 is 1.18 bits per heavy atom. The van der Waals surface area contributed by atoms with E-state index in [4.69, 9.17) is 5.26 Å². The maximum absolute atomic E-state index is 12.1. The largest absolute Gasteiger partial charge is 0.335 e. The summed E-state index contributed by atoms with van der Waals surface area (Å²) in [4.78, 5) is 0.242. The molecule has 2 rings (SSSR count). The molecule has 5 nitrogen and oxygen atoms in total. The van der Waals surface area contributed by atoms with Gasteiger partial charge in [-0.1, -0.05) is 26.0 Å². The molecular weight excluding hydrogens is 298 g/mol. The predicted octanol–water partition coefficient (Wildman–Crippen LogP) is 2.50. The Kier molecular flexibility index (Phi) is 4.69. The average Bonchev–Trinajstić information content (AvgIpc) is 2.86. The number of aromatic nitrogens is 1. The molecule has 1 N–H and O–H groups in total. The van der Waals surface area contributed by atoms with E-state index < -0.39 is 10.0 Å². The van der Waals surface area contributed by atoms with Crippen LogP contribution in [-0.2, 0) is 17.1 Å². The summed E-state index contributed by atoms with van der Waals surface area (Å²) in [5.74, 6) is 0.252. The standard InChI is InChI=1S/C16H19N3O2S/c1-12(2)11-18-22(20,21)15-7-4-13(5-8-15)16-9-6-14(10-17)19(16)3/h4-9,12,18H,11H2,1-3H3. The van der Waals surface area contributed by atoms with E-state index in [1.165, 1.54) is 0 Å². The Balaban J connectivity index is 2.27. The molecule has 0 radical (unpaired) electrons. The molecule has 0 aliphatic rings. The van der Waals surface area contributed by atoms with Gasteiger partial charge >= 0.3 is 0 Å². The lowest BCUT2D eigenvalue weighted by Crippen LogP contribution is -2.27. The highest BCUT2D eigenvalue weighted by atomic mass is 32.2. The lowest BCUT2D eigenvalue weighted by atomic mass is 10.1. The molecule has 0 aliphatic heterocycles. The fourth-order valence-corrected chi connectivity index (χ4v) is 3.29. The molecule has 0 atom stereocenters. The van der Waals surface area contributed by atoms with Gasteiger partial charge in [0, 0.05) is 19.3 Å². The van der Waals surface area contributed by atoms with E-state index in [1.54, 1.807) is 34.9 Å². The molecule has 6 heteroatoms. The van der Waals surface area contributed by atoms with Gasteiger partial charge in [-0.3, -0.25) is 0 Å². The normalized spacial score (nSPS) is 11.6. The highest BCUT2D eigenvalue weighted by Crippen LogP contribution is 2.23. The van der Waals surface area contributed by atoms with Crippen LogP contribution in [0.5, 0.6) is 0 Å². The number of nitrogens with zero attached hydrogens (tertiary/aromatic N) is 2. The second kappa shape index (κ2) is 6.34. The van der Waals surface area contributed by atoms with Crippen LogP contribution in [-0.4, -0.2) is 19.5 Å². The predicted molar refractivity (Wildman–Crippen MR) is 85.6 cm³/mol. The van der Waals surface area contributed by atoms with Crippen LogP contribution in [0.3, 0.4) is 0 Å². The summed E-state index contributed by atoms with van der Waals surface area (Å²) < 4.78 is 28.6. The highest BCUT2D eigenvalue weighted by Gasteiger charge is 2.14. The van der Waals surface area contributed by atoms with E-state index in [0.29, 0.717) is 12.2 Å². The van der Waals surface area contributed by atoms with Crippen molar-refractivity contribution in [3.8, 4) is 17.3 Å². The molecule has 0 saturated carbocycles. The topological polar surface area (TPSA) is 74.9 Å². The molecule has 1 aromatic carbocycles. The zero-order valence-electron chi connectivity index (χ0n) is 12.9. The first-order valence-corrected chi connectivity index (χ1v) is 8.49. The van der Waals surface area contributed by atoms with Gasteiger partial charge in [-0.05, 0) is 35.7 Å². The summed E-state index contributed by atoms with van der Waals surface area (Å²) in [5, 5.41) is 8.97. The summed E-state index contributed by atoms with van der Waals surface area (Å²) in [6.07, 6.45) is 0. The minimum Gasteiger partial charge on any atom is -0.335 e. The molecule has 116 valence electrons. The molecule has 0 saturated heterocycles. The molecule has 22 heavy (non-hydrogen) atoms. The summed E-state index contributed by atoms with van der Waals surface area (Å²) in [7, 11) is -1.66. The Labute approximate surface area is 131 Å². The first-order valence-electron chi connectivity index (χ1n) is 7.01. The van der Waals surface area contributed by atoms with Crippen molar-refractivity contribution in [1.82, 2.24) is 9.29 Å². The quantitative estimate of drug-likeness (QED) is 0.920. The fraction of sp³-hybridized carbons (Fsp3) is 0.312. The van der Waals surface area contributed by atoms with Gasteiger partial charge in [0.25, 0.3) is 0 Å². The number of nitrogens with one attached hydrogen (secondary N) is 1. The number of hydrogen-bond acceptors (Lipinski definition) is 3. The van der Waals surface area contributed by atoms with Crippen LogP contribution in [0.4, 0.5) is 0 Å². The summed E-state index contributed by atoms with van der Waals surface area (Å²) >= 11 is 0. The summed E-state index contributed by atoms with van der Waals surface area (Å²) in [6.45, 7) is 4.31. The van der Waals surface area contributed by atoms with E-state index >= 15 is 0 Å². The van der Waals surface area contributed by atoms with Gasteiger partial charge < -0.3 is 4.57 Å². The molecule has 0 aliphatic carbocycles. The molecular formula is C16H19N3O2S. The van der Waals surface area contributed by atoms with Crippen LogP contribution in [0.1, 0.15) is 19.5 Å². The van der Waals surface area contributed by atoms with Crippen molar-refractivity contribution in [1.29, 1.82) is 5.26 Å². The van der Waals surface area contributed by atoms with Crippen LogP contribution in [0.25, 0.3) is 11.3 Å². The van der Waals surface area contributed by atoms with Crippen molar-refractivity contribution >= 4 is 10.0 Å². The van der Waals surface area contributed by atoms with Crippen molar-refractivity contribution < 1.29 is 8.42 Å². The van der Waals surface area contributed by atoms with E-state index in [-0.39, 0.29) is 10.8 Å². The first kappa shape index (κ1) is 16.3. The van der Waals surface area contributed by atoms with Crippen LogP contribution in [0.2, 0.25) is 0 Å². The Morgan fingerprint density at radius 2 is 1.82 bits per heavy atom. The average molecular weight is 317 g/mol. The molecule has 0 spiro atoms. The molecule has 2 aromatic rings. The monoisotopic (exact) mass is 317 g/mol. The third-order valence-electron chi connectivity index (χ3n) is 3.38. The van der Waals surface area contributed by atoms with E-state index in [2.05, 4.69) is 10.8 Å². The first-order chi connectivity index (χ1) is 10.3. The molecule has 1 heterocycles. The third-order valence-corrected chi connectivity index (χ3v) is 4.82. The van der Waals surface area contributed by atoms with Crippen molar-refractivity contribution in [3.05, 3.63) is 42.1 Å². The van der Waals surface area contributed by atoms with Crippen molar-refractivity contribution in [3.63, 3.8) is 0 Å². The van der Waals surface area contributed by atoms with E-state index in [0.717, 1.165) is 11.3 Å². The highest BCUT2D eigenvalue weighted by molar-refractivity contribution is 7.89. The SMILES string of the molecule is CC(C)CNS(=O)(=O)c1ccc(-c2ccc(C#N)n2C)cc1. The second-order valence-electron chi connectivity index (χ2n) is 5.54. The van der Waals surface area contributed by atoms with Gasteiger partial charge in [0.15, 0.2) is 0 Å². The lowest BCUT2D eigenvalue weighted by Gasteiger charge is -2.10. The van der Waals surface area contributed by atoms with Gasteiger partial charge in [-0.25, -0.2) is 13.1 Å². The number of hydrogen-bond donors (Lipinski definition) is 1. The molecule has 0 fully saturated rings. The maximum Gasteiger partial charge on any atom is 0.240 e. The van der Waals surface area contributed by atoms with Crippen molar-refractivity contribution in [2.75, 3.05) is 6.54 Å². The smallest absolute Gasteiger partial charge is 0.240 e. The maximum atomic E-state index is 12.1. The molecule has 0 unspecified atom stereocenters. The zero-order chi connectivity index (χ0) is 16.3. The number of rotatable bonds is 5. The molecule has 1 aromatic heterocycles. The summed E-state index contributed by atoms with van der Waals surface area (Å²) in [5.41, 5.74) is 2.30. The van der Waals surface area contributed by atoms with E-state index in [1.807, 2.05) is 27.0 Å². The zero-order valence-corrected chi connectivity index (χ0v) is 13.7. The van der Waals surface area contributed by atoms with Crippen molar-refractivity contribution in [2.24, 2.45) is 13.0 Å². The third kappa shape index (κ3) is 3.38. The molecule has 0 bridgehead atoms. The second-order valence-corrected chi connectivity index (χ2v) is 7.31. The number of nitriles is 1. The minimum absolute atomic E-state index is 0.242. The van der Waals surface area contributed by atoms with Crippen LogP contribution >= 0.6 is 0 Å². The minimum atomic E-state index is -3.47. The van der Waals surface area contributed by atoms with Gasteiger partial charge in [0.05, 0.1) is 4.90 Å². The lowest BCUT2D eigenvalue weighted by molar-refractivity contribution is 0.560. The van der Waals surface area contributed by atoms with Gasteiger partial charge in [0.1, 0.15) is 11.8 Å². The van der Waals surface area contributed by atoms with Gasteiger partial charge in [0.2, 0.25) is 10.0 Å². The van der Waals surface area contributed by atoms with Crippen LogP contribution < -0.4 is 4.72 Å². The number of sulfonamides is 1. The Bertz CT molecular complexity index is 797. The number of benzene rings is 1. The Morgan fingerprint density at radius 3 is 2.32 bits per heavy atom. The van der Waals surface area contributed by atoms with Crippen LogP contribution in [0.15, 0.2) is 41.3 Å². The Hall–Kier alpha value is -2.10. The molecule has 0 amide bonds. The fourth-order valence-electron chi connectivity index (χ4n) is 2.08.